The van der Waals surface area contributed by atoms with Gasteiger partial charge in [0.15, 0.2) is 5.78 Å². The standard InChI is InChI=1S/C26H36O3/c1-23(2)20-7-6-19-18(24(20,3)11-10-21(23)27)9-13-25(4)17(8-12-26(19,25)5)16-14-22(28)29-15-16/h6,10-11,16-18,20H,7-9,12-15H2,1-5H3/t16-,17-,18-,20-,24+,25-,26+/m0/s1. The van der Waals surface area contributed by atoms with Crippen molar-refractivity contribution in [1.29, 1.82) is 0 Å². The van der Waals surface area contributed by atoms with Crippen LogP contribution in [0.1, 0.15) is 73.1 Å². The van der Waals surface area contributed by atoms with Crippen LogP contribution in [0, 0.1) is 45.3 Å². The van der Waals surface area contributed by atoms with Crippen LogP contribution in [0.25, 0.3) is 0 Å². The van der Waals surface area contributed by atoms with Crippen LogP contribution in [0.5, 0.6) is 0 Å². The molecule has 3 nitrogen and oxygen atoms in total. The molecule has 0 aromatic rings. The summed E-state index contributed by atoms with van der Waals surface area (Å²) in [7, 11) is 0. The summed E-state index contributed by atoms with van der Waals surface area (Å²) in [6, 6.07) is 0. The Balaban J connectivity index is 1.53. The van der Waals surface area contributed by atoms with Crippen LogP contribution in [0.2, 0.25) is 0 Å². The van der Waals surface area contributed by atoms with E-state index in [1.54, 1.807) is 5.57 Å². The Morgan fingerprint density at radius 2 is 1.79 bits per heavy atom. The van der Waals surface area contributed by atoms with E-state index in [4.69, 9.17) is 4.74 Å². The zero-order valence-electron chi connectivity index (χ0n) is 18.7. The maximum absolute atomic E-state index is 12.6. The van der Waals surface area contributed by atoms with Crippen LogP contribution in [-0.2, 0) is 14.3 Å². The number of allylic oxidation sites excluding steroid dienone is 4. The number of hydrogen-bond donors (Lipinski definition) is 0. The van der Waals surface area contributed by atoms with Gasteiger partial charge >= 0.3 is 5.97 Å². The monoisotopic (exact) mass is 396 g/mol. The molecule has 158 valence electrons. The number of rotatable bonds is 1. The molecule has 1 heterocycles. The van der Waals surface area contributed by atoms with E-state index in [-0.39, 0.29) is 33.4 Å². The van der Waals surface area contributed by atoms with Crippen LogP contribution in [-0.4, -0.2) is 18.4 Å². The molecule has 0 aromatic heterocycles. The van der Waals surface area contributed by atoms with E-state index in [9.17, 15) is 9.59 Å². The van der Waals surface area contributed by atoms with Gasteiger partial charge in [-0.2, -0.15) is 0 Å². The fraction of sp³-hybridized carbons (Fsp3) is 0.769. The summed E-state index contributed by atoms with van der Waals surface area (Å²) < 4.78 is 5.37. The normalized spacial score (nSPS) is 50.4. The first-order valence-electron chi connectivity index (χ1n) is 11.6. The average molecular weight is 397 g/mol. The summed E-state index contributed by atoms with van der Waals surface area (Å²) in [6.07, 6.45) is 13.1. The lowest BCUT2D eigenvalue weighted by molar-refractivity contribution is -0.138. The zero-order chi connectivity index (χ0) is 20.8. The molecule has 1 aliphatic heterocycles. The van der Waals surface area contributed by atoms with Gasteiger partial charge in [-0.3, -0.25) is 9.59 Å². The van der Waals surface area contributed by atoms with Crippen LogP contribution in [0.15, 0.2) is 23.8 Å². The Morgan fingerprint density at radius 3 is 2.48 bits per heavy atom. The first-order valence-corrected chi connectivity index (χ1v) is 11.6. The van der Waals surface area contributed by atoms with Crippen molar-refractivity contribution < 1.29 is 14.3 Å². The van der Waals surface area contributed by atoms with Crippen molar-refractivity contribution in [3.05, 3.63) is 23.8 Å². The highest BCUT2D eigenvalue weighted by Crippen LogP contribution is 2.72. The molecule has 0 unspecified atom stereocenters. The summed E-state index contributed by atoms with van der Waals surface area (Å²) in [5.41, 5.74) is 1.87. The molecule has 0 aromatic carbocycles. The van der Waals surface area contributed by atoms with E-state index in [0.717, 1.165) is 6.42 Å². The third-order valence-corrected chi connectivity index (χ3v) is 10.6. The molecule has 29 heavy (non-hydrogen) atoms. The van der Waals surface area contributed by atoms with Gasteiger partial charge in [0.25, 0.3) is 0 Å². The summed E-state index contributed by atoms with van der Waals surface area (Å²) in [4.78, 5) is 24.4. The molecule has 5 rings (SSSR count). The van der Waals surface area contributed by atoms with Gasteiger partial charge in [-0.25, -0.2) is 0 Å². The molecule has 7 atom stereocenters. The number of ketones is 1. The van der Waals surface area contributed by atoms with Crippen LogP contribution in [0.3, 0.4) is 0 Å². The predicted molar refractivity (Wildman–Crippen MR) is 113 cm³/mol. The Morgan fingerprint density at radius 1 is 1.03 bits per heavy atom. The number of esters is 1. The maximum Gasteiger partial charge on any atom is 0.306 e. The SMILES string of the molecule is CC1(C)C(=O)C=C[C@]2(C)[C@H]3CC[C@@]4(C)[C@H]([C@@H]5COC(=O)C5)CC[C@]4(C)C3=CC[C@@H]12. The predicted octanol–water partition coefficient (Wildman–Crippen LogP) is 5.50. The highest BCUT2D eigenvalue weighted by Gasteiger charge is 2.65. The van der Waals surface area contributed by atoms with Crippen molar-refractivity contribution >= 4 is 11.8 Å². The summed E-state index contributed by atoms with van der Waals surface area (Å²) in [6.45, 7) is 12.4. The lowest BCUT2D eigenvalue weighted by Crippen LogP contribution is -2.55. The molecule has 5 aliphatic rings. The first-order chi connectivity index (χ1) is 13.5. The number of hydrogen-bond acceptors (Lipinski definition) is 3. The van der Waals surface area contributed by atoms with Crippen LogP contribution in [0.4, 0.5) is 0 Å². The number of carbonyl (C=O) groups is 2. The van der Waals surface area contributed by atoms with E-state index >= 15 is 0 Å². The zero-order valence-corrected chi connectivity index (χ0v) is 18.7. The Hall–Kier alpha value is -1.38. The first kappa shape index (κ1) is 19.6. The van der Waals surface area contributed by atoms with Crippen molar-refractivity contribution in [2.24, 2.45) is 45.3 Å². The third-order valence-electron chi connectivity index (χ3n) is 10.6. The van der Waals surface area contributed by atoms with E-state index < -0.39 is 0 Å². The molecule has 0 N–H and O–H groups in total. The molecule has 3 heteroatoms. The highest BCUT2D eigenvalue weighted by molar-refractivity contribution is 5.95. The lowest BCUT2D eigenvalue weighted by atomic mass is 9.42. The van der Waals surface area contributed by atoms with E-state index in [2.05, 4.69) is 46.8 Å². The minimum Gasteiger partial charge on any atom is -0.465 e. The topological polar surface area (TPSA) is 43.4 Å². The lowest BCUT2D eigenvalue weighted by Gasteiger charge is -2.61. The van der Waals surface area contributed by atoms with Gasteiger partial charge in [0.1, 0.15) is 0 Å². The van der Waals surface area contributed by atoms with E-state index in [0.29, 0.717) is 36.7 Å². The molecular formula is C26H36O3. The summed E-state index contributed by atoms with van der Waals surface area (Å²) >= 11 is 0. The second-order valence-electron chi connectivity index (χ2n) is 11.9. The largest absolute Gasteiger partial charge is 0.465 e. The molecule has 1 saturated heterocycles. The minimum absolute atomic E-state index is 0.00707. The second kappa shape index (κ2) is 5.86. The third kappa shape index (κ3) is 2.31. The molecular weight excluding hydrogens is 360 g/mol. The van der Waals surface area contributed by atoms with Gasteiger partial charge in [0.05, 0.1) is 13.0 Å². The van der Waals surface area contributed by atoms with E-state index in [1.165, 1.54) is 25.7 Å². The van der Waals surface area contributed by atoms with Gasteiger partial charge in [-0.05, 0) is 72.2 Å². The smallest absolute Gasteiger partial charge is 0.306 e. The molecule has 0 amide bonds. The molecule has 0 spiro atoms. The Kier molecular flexibility index (Phi) is 3.95. The number of fused-ring (bicyclic) bond motifs is 5. The van der Waals surface area contributed by atoms with Gasteiger partial charge in [0, 0.05) is 11.3 Å². The summed E-state index contributed by atoms with van der Waals surface area (Å²) in [5, 5.41) is 0. The van der Waals surface area contributed by atoms with Gasteiger partial charge in [0.2, 0.25) is 0 Å². The number of cyclic esters (lactones) is 1. The van der Waals surface area contributed by atoms with Gasteiger partial charge < -0.3 is 4.74 Å². The molecule has 0 bridgehead atoms. The minimum atomic E-state index is -0.285. The maximum atomic E-state index is 12.6. The fourth-order valence-corrected chi connectivity index (χ4v) is 8.62. The van der Waals surface area contributed by atoms with Crippen molar-refractivity contribution in [3.8, 4) is 0 Å². The van der Waals surface area contributed by atoms with Gasteiger partial charge in [-0.1, -0.05) is 52.3 Å². The average Bonchev–Trinajstić information content (AvgIpc) is 3.19. The molecule has 3 fully saturated rings. The number of carbonyl (C=O) groups excluding carboxylic acids is 2. The van der Waals surface area contributed by atoms with Gasteiger partial charge in [-0.15, -0.1) is 0 Å². The molecule has 4 aliphatic carbocycles. The Labute approximate surface area is 175 Å². The van der Waals surface area contributed by atoms with Crippen LogP contribution < -0.4 is 0 Å². The van der Waals surface area contributed by atoms with Crippen molar-refractivity contribution in [2.75, 3.05) is 6.61 Å². The number of ether oxygens (including phenoxy) is 1. The quantitative estimate of drug-likeness (QED) is 0.434. The summed E-state index contributed by atoms with van der Waals surface area (Å²) in [5.74, 6) is 2.16. The van der Waals surface area contributed by atoms with Crippen molar-refractivity contribution in [1.82, 2.24) is 0 Å². The van der Waals surface area contributed by atoms with E-state index in [1.807, 2.05) is 6.08 Å². The highest BCUT2D eigenvalue weighted by atomic mass is 16.5. The van der Waals surface area contributed by atoms with Crippen molar-refractivity contribution in [3.63, 3.8) is 0 Å². The van der Waals surface area contributed by atoms with Crippen molar-refractivity contribution in [2.45, 2.75) is 73.1 Å². The second-order valence-corrected chi connectivity index (χ2v) is 11.9. The fourth-order valence-electron chi connectivity index (χ4n) is 8.62. The Bertz CT molecular complexity index is 835. The van der Waals surface area contributed by atoms with Crippen LogP contribution >= 0.6 is 0 Å². The molecule has 2 saturated carbocycles. The molecule has 0 radical (unpaired) electrons.